The molecule has 0 aromatic carbocycles. The van der Waals surface area contributed by atoms with Crippen LogP contribution >= 0.6 is 0 Å². The fourth-order valence-corrected chi connectivity index (χ4v) is 0.908. The normalized spacial score (nSPS) is 15.4. The predicted octanol–water partition coefficient (Wildman–Crippen LogP) is 0.838. The van der Waals surface area contributed by atoms with Crippen molar-refractivity contribution in [1.82, 2.24) is 4.90 Å². The van der Waals surface area contributed by atoms with Crippen molar-refractivity contribution in [3.8, 4) is 0 Å². The first-order valence-electron chi connectivity index (χ1n) is 4.55. The number of hydrogen-bond donors (Lipinski definition) is 1. The molecule has 0 heterocycles. The van der Waals surface area contributed by atoms with Crippen molar-refractivity contribution in [3.63, 3.8) is 0 Å². The Morgan fingerprint density at radius 2 is 2.00 bits per heavy atom. The van der Waals surface area contributed by atoms with Gasteiger partial charge in [-0.15, -0.1) is 0 Å². The highest BCUT2D eigenvalue weighted by Gasteiger charge is 2.21. The van der Waals surface area contributed by atoms with Gasteiger partial charge in [0.05, 0.1) is 6.04 Å². The number of nitrogens with zero attached hydrogens (tertiary/aromatic N) is 1. The van der Waals surface area contributed by atoms with Gasteiger partial charge in [0, 0.05) is 13.6 Å². The van der Waals surface area contributed by atoms with Crippen molar-refractivity contribution >= 4 is 5.91 Å². The van der Waals surface area contributed by atoms with Crippen molar-refractivity contribution in [1.29, 1.82) is 0 Å². The molecule has 0 fully saturated rings. The quantitative estimate of drug-likeness (QED) is 0.683. The van der Waals surface area contributed by atoms with Gasteiger partial charge >= 0.3 is 0 Å². The van der Waals surface area contributed by atoms with Gasteiger partial charge in [-0.05, 0) is 12.8 Å². The third kappa shape index (κ3) is 2.81. The molecule has 2 atom stereocenters. The summed E-state index contributed by atoms with van der Waals surface area (Å²) in [5.41, 5.74) is 5.76. The number of amides is 1. The Labute approximate surface area is 74.9 Å². The number of carbonyl (C=O) groups excluding carboxylic acids is 1. The third-order valence-electron chi connectivity index (χ3n) is 2.39. The van der Waals surface area contributed by atoms with E-state index in [0.29, 0.717) is 0 Å². The summed E-state index contributed by atoms with van der Waals surface area (Å²) < 4.78 is 0. The summed E-state index contributed by atoms with van der Waals surface area (Å²) in [4.78, 5) is 13.1. The van der Waals surface area contributed by atoms with E-state index >= 15 is 0 Å². The van der Waals surface area contributed by atoms with E-state index < -0.39 is 0 Å². The second-order valence-electron chi connectivity index (χ2n) is 3.26. The van der Waals surface area contributed by atoms with E-state index in [-0.39, 0.29) is 17.9 Å². The monoisotopic (exact) mass is 172 g/mol. The van der Waals surface area contributed by atoms with E-state index in [1.165, 1.54) is 0 Å². The summed E-state index contributed by atoms with van der Waals surface area (Å²) in [5.74, 6) is 0.318. The molecule has 0 rings (SSSR count). The van der Waals surface area contributed by atoms with Gasteiger partial charge in [0.25, 0.3) is 0 Å². The molecule has 0 aliphatic heterocycles. The van der Waals surface area contributed by atoms with Crippen LogP contribution in [0, 0.1) is 5.92 Å². The van der Waals surface area contributed by atoms with Crippen LogP contribution in [0.2, 0.25) is 0 Å². The Kier molecular flexibility index (Phi) is 4.90. The average molecular weight is 172 g/mol. The lowest BCUT2D eigenvalue weighted by molar-refractivity contribution is -0.132. The molecule has 0 bridgehead atoms. The molecule has 0 aliphatic carbocycles. The van der Waals surface area contributed by atoms with Crippen LogP contribution in [0.4, 0.5) is 0 Å². The molecule has 0 aliphatic rings. The smallest absolute Gasteiger partial charge is 0.239 e. The highest BCUT2D eigenvalue weighted by molar-refractivity contribution is 5.81. The van der Waals surface area contributed by atoms with Crippen molar-refractivity contribution < 1.29 is 4.79 Å². The molecule has 0 unspecified atom stereocenters. The summed E-state index contributed by atoms with van der Waals surface area (Å²) in [6.07, 6.45) is 0.949. The largest absolute Gasteiger partial charge is 0.345 e. The number of carbonyl (C=O) groups is 1. The van der Waals surface area contributed by atoms with Crippen LogP contribution in [0.3, 0.4) is 0 Å². The lowest BCUT2D eigenvalue weighted by Crippen LogP contribution is -2.45. The van der Waals surface area contributed by atoms with Crippen LogP contribution in [0.1, 0.15) is 27.2 Å². The van der Waals surface area contributed by atoms with Crippen molar-refractivity contribution in [2.45, 2.75) is 33.2 Å². The van der Waals surface area contributed by atoms with Gasteiger partial charge in [-0.3, -0.25) is 4.79 Å². The van der Waals surface area contributed by atoms with E-state index in [1.54, 1.807) is 11.9 Å². The lowest BCUT2D eigenvalue weighted by Gasteiger charge is -2.23. The van der Waals surface area contributed by atoms with Crippen LogP contribution in [0.25, 0.3) is 0 Å². The van der Waals surface area contributed by atoms with Gasteiger partial charge in [0.1, 0.15) is 0 Å². The van der Waals surface area contributed by atoms with Crippen LogP contribution in [-0.2, 0) is 4.79 Å². The van der Waals surface area contributed by atoms with Crippen LogP contribution < -0.4 is 5.73 Å². The molecule has 0 aromatic heterocycles. The summed E-state index contributed by atoms with van der Waals surface area (Å²) in [6, 6.07) is -0.333. The summed E-state index contributed by atoms with van der Waals surface area (Å²) in [7, 11) is 1.78. The van der Waals surface area contributed by atoms with Crippen molar-refractivity contribution in [2.24, 2.45) is 11.7 Å². The molecule has 72 valence electrons. The second kappa shape index (κ2) is 5.14. The van der Waals surface area contributed by atoms with Gasteiger partial charge in [-0.25, -0.2) is 0 Å². The molecule has 12 heavy (non-hydrogen) atoms. The van der Waals surface area contributed by atoms with Crippen LogP contribution in [0.15, 0.2) is 0 Å². The standard InChI is InChI=1S/C9H20N2O/c1-5-7(3)8(10)9(12)11(4)6-2/h7-8H,5-6,10H2,1-4H3/t7-,8-/m0/s1. The Hall–Kier alpha value is -0.570. The topological polar surface area (TPSA) is 46.3 Å². The fraction of sp³-hybridized carbons (Fsp3) is 0.889. The molecule has 1 amide bonds. The van der Waals surface area contributed by atoms with Gasteiger partial charge in [0.2, 0.25) is 5.91 Å². The number of rotatable bonds is 4. The van der Waals surface area contributed by atoms with Gasteiger partial charge in [-0.1, -0.05) is 20.3 Å². The van der Waals surface area contributed by atoms with E-state index in [9.17, 15) is 4.79 Å². The minimum absolute atomic E-state index is 0.0480. The first-order chi connectivity index (χ1) is 5.54. The highest BCUT2D eigenvalue weighted by Crippen LogP contribution is 2.07. The Morgan fingerprint density at radius 1 is 1.50 bits per heavy atom. The minimum atomic E-state index is -0.333. The summed E-state index contributed by atoms with van der Waals surface area (Å²) in [5, 5.41) is 0. The average Bonchev–Trinajstić information content (AvgIpc) is 2.12. The number of nitrogens with two attached hydrogens (primary N) is 1. The molecular formula is C9H20N2O. The molecule has 0 radical (unpaired) electrons. The molecule has 2 N–H and O–H groups in total. The maximum atomic E-state index is 11.5. The van der Waals surface area contributed by atoms with Gasteiger partial charge in [0.15, 0.2) is 0 Å². The molecule has 0 aromatic rings. The Bertz CT molecular complexity index is 147. The zero-order valence-corrected chi connectivity index (χ0v) is 8.50. The molecule has 0 saturated heterocycles. The molecule has 3 nitrogen and oxygen atoms in total. The third-order valence-corrected chi connectivity index (χ3v) is 2.39. The molecule has 0 saturated carbocycles. The van der Waals surface area contributed by atoms with Crippen LogP contribution in [0.5, 0.6) is 0 Å². The van der Waals surface area contributed by atoms with Crippen LogP contribution in [-0.4, -0.2) is 30.4 Å². The summed E-state index contributed by atoms with van der Waals surface area (Å²) in [6.45, 7) is 6.72. The first-order valence-corrected chi connectivity index (χ1v) is 4.55. The van der Waals surface area contributed by atoms with E-state index in [4.69, 9.17) is 5.73 Å². The second-order valence-corrected chi connectivity index (χ2v) is 3.26. The highest BCUT2D eigenvalue weighted by atomic mass is 16.2. The number of hydrogen-bond acceptors (Lipinski definition) is 2. The molecule has 0 spiro atoms. The van der Waals surface area contributed by atoms with Gasteiger partial charge in [-0.2, -0.15) is 0 Å². The lowest BCUT2D eigenvalue weighted by atomic mass is 9.99. The van der Waals surface area contributed by atoms with Gasteiger partial charge < -0.3 is 10.6 Å². The zero-order chi connectivity index (χ0) is 9.72. The SMILES string of the molecule is CC[C@H](C)[C@H](N)C(=O)N(C)CC. The zero-order valence-electron chi connectivity index (χ0n) is 8.50. The van der Waals surface area contributed by atoms with Crippen molar-refractivity contribution in [3.05, 3.63) is 0 Å². The fourth-order valence-electron chi connectivity index (χ4n) is 0.908. The predicted molar refractivity (Wildman–Crippen MR) is 50.7 cm³/mol. The molecule has 3 heteroatoms. The van der Waals surface area contributed by atoms with Crippen molar-refractivity contribution in [2.75, 3.05) is 13.6 Å². The minimum Gasteiger partial charge on any atom is -0.345 e. The number of likely N-dealkylation sites (N-methyl/N-ethyl adjacent to an activating group) is 1. The Morgan fingerprint density at radius 3 is 2.33 bits per heavy atom. The first kappa shape index (κ1) is 11.4. The maximum Gasteiger partial charge on any atom is 0.239 e. The van der Waals surface area contributed by atoms with E-state index in [2.05, 4.69) is 0 Å². The Balaban J connectivity index is 4.09. The molecular weight excluding hydrogens is 152 g/mol. The van der Waals surface area contributed by atoms with E-state index in [0.717, 1.165) is 13.0 Å². The van der Waals surface area contributed by atoms with E-state index in [1.807, 2.05) is 20.8 Å². The summed E-state index contributed by atoms with van der Waals surface area (Å²) >= 11 is 0. The maximum absolute atomic E-state index is 11.5.